The number of allylic oxidation sites excluding steroid dienone is 5. The minimum Gasteiger partial charge on any atom is -0.219 e. The van der Waals surface area contributed by atoms with E-state index in [-0.39, 0.29) is 0 Å². The molecule has 0 heterocycles. The maximum Gasteiger partial charge on any atom is 0.200 e. The van der Waals surface area contributed by atoms with Crippen LogP contribution >= 0.6 is 15.9 Å². The Labute approximate surface area is 109 Å². The Bertz CT molecular complexity index is 596. The quantitative estimate of drug-likeness (QED) is 0.836. The first-order valence-electron chi connectivity index (χ1n) is 5.12. The Morgan fingerprint density at radius 1 is 1.18 bits per heavy atom. The van der Waals surface area contributed by atoms with Gasteiger partial charge in [0, 0.05) is 9.89 Å². The molecule has 2 nitrogen and oxygen atoms in total. The van der Waals surface area contributed by atoms with Crippen LogP contribution in [-0.2, 0) is 9.84 Å². The van der Waals surface area contributed by atoms with Crippen molar-refractivity contribution in [1.29, 1.82) is 0 Å². The van der Waals surface area contributed by atoms with Gasteiger partial charge < -0.3 is 0 Å². The van der Waals surface area contributed by atoms with Crippen LogP contribution in [-0.4, -0.2) is 8.42 Å². The molecular weight excluding hydrogens is 300 g/mol. The molecule has 1 aliphatic carbocycles. The van der Waals surface area contributed by atoms with Crippen molar-refractivity contribution in [2.24, 2.45) is 0 Å². The molecule has 1 aliphatic rings. The number of hydrogen-bond donors (Lipinski definition) is 0. The second-order valence-electron chi connectivity index (χ2n) is 3.69. The van der Waals surface area contributed by atoms with Crippen molar-refractivity contribution in [1.82, 2.24) is 0 Å². The van der Waals surface area contributed by atoms with Gasteiger partial charge in [-0.15, -0.1) is 0 Å². The third-order valence-electron chi connectivity index (χ3n) is 2.33. The summed E-state index contributed by atoms with van der Waals surface area (Å²) in [7, 11) is -3.34. The van der Waals surface area contributed by atoms with Gasteiger partial charge in [-0.05, 0) is 30.2 Å². The van der Waals surface area contributed by atoms with Gasteiger partial charge in [0.2, 0.25) is 0 Å². The van der Waals surface area contributed by atoms with Crippen molar-refractivity contribution in [3.63, 3.8) is 0 Å². The van der Waals surface area contributed by atoms with E-state index in [0.29, 0.717) is 11.3 Å². The second-order valence-corrected chi connectivity index (χ2v) is 6.40. The van der Waals surface area contributed by atoms with Crippen molar-refractivity contribution in [2.45, 2.75) is 11.3 Å². The van der Waals surface area contributed by atoms with E-state index in [9.17, 15) is 8.42 Å². The lowest BCUT2D eigenvalue weighted by molar-refractivity contribution is 0.604. The topological polar surface area (TPSA) is 34.1 Å². The number of rotatable bonds is 2. The predicted molar refractivity (Wildman–Crippen MR) is 72.5 cm³/mol. The van der Waals surface area contributed by atoms with Crippen LogP contribution in [0, 0.1) is 0 Å². The van der Waals surface area contributed by atoms with Gasteiger partial charge in [0.1, 0.15) is 0 Å². The summed E-state index contributed by atoms with van der Waals surface area (Å²) in [4.78, 5) is 0.326. The van der Waals surface area contributed by atoms with Crippen LogP contribution in [0.25, 0.3) is 0 Å². The van der Waals surface area contributed by atoms with E-state index in [1.54, 1.807) is 30.3 Å². The normalized spacial score (nSPS) is 18.2. The Morgan fingerprint density at radius 3 is 2.53 bits per heavy atom. The summed E-state index contributed by atoms with van der Waals surface area (Å²) in [5.41, 5.74) is 0.781. The lowest BCUT2D eigenvalue weighted by atomic mass is 10.1. The van der Waals surface area contributed by atoms with E-state index in [1.165, 1.54) is 5.41 Å². The maximum atomic E-state index is 12.1. The molecule has 2 rings (SSSR count). The molecule has 0 radical (unpaired) electrons. The fraction of sp³-hybridized carbons (Fsp3) is 0.0769. The smallest absolute Gasteiger partial charge is 0.200 e. The molecule has 4 heteroatoms. The predicted octanol–water partition coefficient (Wildman–Crippen LogP) is 3.58. The zero-order chi connectivity index (χ0) is 12.3. The number of benzene rings is 1. The van der Waals surface area contributed by atoms with E-state index in [2.05, 4.69) is 15.9 Å². The van der Waals surface area contributed by atoms with Crippen molar-refractivity contribution in [3.05, 3.63) is 64.0 Å². The van der Waals surface area contributed by atoms with Crippen LogP contribution in [0.2, 0.25) is 0 Å². The highest BCUT2D eigenvalue weighted by molar-refractivity contribution is 9.11. The third-order valence-corrected chi connectivity index (χ3v) is 4.37. The highest BCUT2D eigenvalue weighted by atomic mass is 79.9. The van der Waals surface area contributed by atoms with Crippen LogP contribution in [0.15, 0.2) is 68.9 Å². The maximum absolute atomic E-state index is 12.1. The van der Waals surface area contributed by atoms with Crippen molar-refractivity contribution in [3.8, 4) is 0 Å². The molecule has 0 amide bonds. The van der Waals surface area contributed by atoms with Gasteiger partial charge in [-0.25, -0.2) is 8.42 Å². The first kappa shape index (κ1) is 12.3. The SMILES string of the molecule is O=S(=O)(/C=C1/C=C(Br)C=CC1)c1ccccc1. The summed E-state index contributed by atoms with van der Waals surface area (Å²) >= 11 is 3.33. The highest BCUT2D eigenvalue weighted by Gasteiger charge is 2.12. The first-order chi connectivity index (χ1) is 8.08. The lowest BCUT2D eigenvalue weighted by Gasteiger charge is -2.05. The van der Waals surface area contributed by atoms with Crippen molar-refractivity contribution < 1.29 is 8.42 Å². The standard InChI is InChI=1S/C13H11BrO2S/c14-12-6-4-5-11(9-12)10-17(15,16)13-7-2-1-3-8-13/h1-4,6-10H,5H2/b11-10+. The van der Waals surface area contributed by atoms with E-state index in [4.69, 9.17) is 0 Å². The molecule has 17 heavy (non-hydrogen) atoms. The Hall–Kier alpha value is -1.13. The molecule has 1 aromatic rings. The summed E-state index contributed by atoms with van der Waals surface area (Å²) in [5, 5.41) is 1.33. The van der Waals surface area contributed by atoms with Gasteiger partial charge in [-0.2, -0.15) is 0 Å². The minimum absolute atomic E-state index is 0.326. The summed E-state index contributed by atoms with van der Waals surface area (Å²) in [6.07, 6.45) is 6.30. The molecule has 0 bridgehead atoms. The highest BCUT2D eigenvalue weighted by Crippen LogP contribution is 2.22. The lowest BCUT2D eigenvalue weighted by Crippen LogP contribution is -1.98. The molecule has 88 valence electrons. The summed E-state index contributed by atoms with van der Waals surface area (Å²) in [6, 6.07) is 8.44. The number of halogens is 1. The van der Waals surface area contributed by atoms with Crippen molar-refractivity contribution in [2.75, 3.05) is 0 Å². The largest absolute Gasteiger partial charge is 0.219 e. The molecule has 0 unspecified atom stereocenters. The molecule has 0 saturated carbocycles. The molecule has 0 N–H and O–H groups in total. The number of sulfone groups is 1. The molecule has 0 saturated heterocycles. The third kappa shape index (κ3) is 3.17. The van der Waals surface area contributed by atoms with Gasteiger partial charge in [-0.3, -0.25) is 0 Å². The van der Waals surface area contributed by atoms with Crippen LogP contribution in [0.5, 0.6) is 0 Å². The average Bonchev–Trinajstić information content (AvgIpc) is 2.29. The Morgan fingerprint density at radius 2 is 1.88 bits per heavy atom. The molecule has 0 aliphatic heterocycles. The molecular formula is C13H11BrO2S. The first-order valence-corrected chi connectivity index (χ1v) is 7.46. The molecule has 0 atom stereocenters. The monoisotopic (exact) mass is 310 g/mol. The van der Waals surface area contributed by atoms with E-state index in [1.807, 2.05) is 18.2 Å². The van der Waals surface area contributed by atoms with Crippen LogP contribution in [0.4, 0.5) is 0 Å². The molecule has 0 fully saturated rings. The zero-order valence-electron chi connectivity index (χ0n) is 9.01. The Balaban J connectivity index is 2.36. The van der Waals surface area contributed by atoms with E-state index >= 15 is 0 Å². The molecule has 0 aromatic heterocycles. The van der Waals surface area contributed by atoms with Gasteiger partial charge in [-0.1, -0.05) is 46.3 Å². The minimum atomic E-state index is -3.34. The number of hydrogen-bond acceptors (Lipinski definition) is 2. The van der Waals surface area contributed by atoms with Gasteiger partial charge in [0.25, 0.3) is 0 Å². The zero-order valence-corrected chi connectivity index (χ0v) is 11.4. The van der Waals surface area contributed by atoms with E-state index < -0.39 is 9.84 Å². The second kappa shape index (κ2) is 5.02. The fourth-order valence-corrected chi connectivity index (χ4v) is 3.27. The van der Waals surface area contributed by atoms with Crippen LogP contribution in [0.1, 0.15) is 6.42 Å². The van der Waals surface area contributed by atoms with Crippen LogP contribution < -0.4 is 0 Å². The van der Waals surface area contributed by atoms with E-state index in [0.717, 1.165) is 10.1 Å². The fourth-order valence-electron chi connectivity index (χ4n) is 1.55. The van der Waals surface area contributed by atoms with Crippen LogP contribution in [0.3, 0.4) is 0 Å². The van der Waals surface area contributed by atoms with Gasteiger partial charge >= 0.3 is 0 Å². The van der Waals surface area contributed by atoms with Gasteiger partial charge in [0.05, 0.1) is 4.90 Å². The van der Waals surface area contributed by atoms with Crippen molar-refractivity contribution >= 4 is 25.8 Å². The summed E-state index contributed by atoms with van der Waals surface area (Å²) in [5.74, 6) is 0. The Kier molecular flexibility index (Phi) is 3.64. The summed E-state index contributed by atoms with van der Waals surface area (Å²) < 4.78 is 25.0. The average molecular weight is 311 g/mol. The summed E-state index contributed by atoms with van der Waals surface area (Å²) in [6.45, 7) is 0. The molecule has 1 aromatic carbocycles. The molecule has 0 spiro atoms. The van der Waals surface area contributed by atoms with Gasteiger partial charge in [0.15, 0.2) is 9.84 Å².